The minimum Gasteiger partial charge on any atom is -0.493 e. The van der Waals surface area contributed by atoms with Gasteiger partial charge in [-0.2, -0.15) is 0 Å². The second-order valence-corrected chi connectivity index (χ2v) is 7.53. The lowest BCUT2D eigenvalue weighted by Crippen LogP contribution is -2.43. The summed E-state index contributed by atoms with van der Waals surface area (Å²) in [6.45, 7) is 2.15. The van der Waals surface area contributed by atoms with E-state index < -0.39 is 0 Å². The maximum absolute atomic E-state index is 12.4. The van der Waals surface area contributed by atoms with Gasteiger partial charge in [0.15, 0.2) is 5.96 Å². The van der Waals surface area contributed by atoms with Crippen molar-refractivity contribution in [3.63, 3.8) is 0 Å². The molecule has 2 N–H and O–H groups in total. The molecule has 7 nitrogen and oxygen atoms in total. The Balaban J connectivity index is 1.41. The molecule has 1 fully saturated rings. The molecule has 0 spiro atoms. The predicted molar refractivity (Wildman–Crippen MR) is 118 cm³/mol. The molecule has 0 bridgehead atoms. The Morgan fingerprint density at radius 2 is 2.00 bits per heavy atom. The number of pyridine rings is 1. The molecule has 0 atom stereocenters. The van der Waals surface area contributed by atoms with Gasteiger partial charge in [0.1, 0.15) is 5.75 Å². The number of aromatic nitrogens is 1. The minimum atomic E-state index is 0.00190. The first-order valence-electron chi connectivity index (χ1n) is 10.4. The lowest BCUT2D eigenvalue weighted by molar-refractivity contribution is -0.128. The SMILES string of the molecule is CN=C(NCC(=O)N(C)CCc1ccccn1)NCc1ccccc1OCC1CC1. The van der Waals surface area contributed by atoms with Gasteiger partial charge in [0.25, 0.3) is 0 Å². The number of carbonyl (C=O) groups is 1. The Morgan fingerprint density at radius 1 is 1.20 bits per heavy atom. The molecular weight excluding hydrogens is 378 g/mol. The first-order valence-corrected chi connectivity index (χ1v) is 10.4. The number of hydrogen-bond acceptors (Lipinski definition) is 4. The average molecular weight is 410 g/mol. The van der Waals surface area contributed by atoms with Gasteiger partial charge in [-0.3, -0.25) is 14.8 Å². The standard InChI is InChI=1S/C23H31N5O2/c1-24-23(26-15-19-7-3-4-9-21(19)30-17-18-10-11-18)27-16-22(29)28(2)14-12-20-8-5-6-13-25-20/h3-9,13,18H,10-12,14-17H2,1-2H3,(H2,24,26,27). The van der Waals surface area contributed by atoms with E-state index in [1.165, 1.54) is 12.8 Å². The van der Waals surface area contributed by atoms with Crippen LogP contribution in [0.3, 0.4) is 0 Å². The number of aliphatic imine (C=N–C) groups is 1. The predicted octanol–water partition coefficient (Wildman–Crippen LogP) is 2.24. The number of likely N-dealkylation sites (N-methyl/N-ethyl adjacent to an activating group) is 1. The van der Waals surface area contributed by atoms with Crippen LogP contribution < -0.4 is 15.4 Å². The Hall–Kier alpha value is -3.09. The molecule has 0 aliphatic heterocycles. The van der Waals surface area contributed by atoms with Crippen LogP contribution in [0.2, 0.25) is 0 Å². The molecule has 1 amide bonds. The molecule has 30 heavy (non-hydrogen) atoms. The van der Waals surface area contributed by atoms with E-state index in [0.717, 1.165) is 30.0 Å². The fraction of sp³-hybridized carbons (Fsp3) is 0.435. The number of nitrogens with one attached hydrogen (secondary N) is 2. The molecule has 1 aliphatic rings. The molecule has 1 aromatic heterocycles. The van der Waals surface area contributed by atoms with E-state index in [2.05, 4.69) is 20.6 Å². The Kier molecular flexibility index (Phi) is 8.06. The zero-order chi connectivity index (χ0) is 21.2. The highest BCUT2D eigenvalue weighted by molar-refractivity contribution is 5.86. The molecule has 7 heteroatoms. The van der Waals surface area contributed by atoms with Crippen LogP contribution in [0.1, 0.15) is 24.1 Å². The zero-order valence-corrected chi connectivity index (χ0v) is 17.8. The number of para-hydroxylation sites is 1. The molecule has 1 aliphatic carbocycles. The summed E-state index contributed by atoms with van der Waals surface area (Å²) in [4.78, 5) is 22.6. The van der Waals surface area contributed by atoms with Crippen molar-refractivity contribution < 1.29 is 9.53 Å². The summed E-state index contributed by atoms with van der Waals surface area (Å²) in [7, 11) is 3.50. The van der Waals surface area contributed by atoms with Crippen LogP contribution in [0.15, 0.2) is 53.7 Å². The van der Waals surface area contributed by atoms with E-state index >= 15 is 0 Å². The number of rotatable bonds is 10. The van der Waals surface area contributed by atoms with E-state index in [4.69, 9.17) is 4.74 Å². The number of benzene rings is 1. The zero-order valence-electron chi connectivity index (χ0n) is 17.8. The summed E-state index contributed by atoms with van der Waals surface area (Å²) in [6.07, 6.45) is 5.03. The number of amides is 1. The van der Waals surface area contributed by atoms with Gasteiger partial charge < -0.3 is 20.3 Å². The van der Waals surface area contributed by atoms with E-state index in [1.54, 1.807) is 25.2 Å². The van der Waals surface area contributed by atoms with Crippen LogP contribution in [-0.2, 0) is 17.8 Å². The monoisotopic (exact) mass is 409 g/mol. The van der Waals surface area contributed by atoms with Gasteiger partial charge in [0.05, 0.1) is 13.2 Å². The van der Waals surface area contributed by atoms with Crippen molar-refractivity contribution in [1.82, 2.24) is 20.5 Å². The molecule has 0 radical (unpaired) electrons. The van der Waals surface area contributed by atoms with Crippen molar-refractivity contribution in [3.05, 3.63) is 59.9 Å². The summed E-state index contributed by atoms with van der Waals surface area (Å²) in [5.41, 5.74) is 2.05. The molecular formula is C23H31N5O2. The summed E-state index contributed by atoms with van der Waals surface area (Å²) >= 11 is 0. The second kappa shape index (κ2) is 11.2. The Labute approximate surface area is 178 Å². The molecule has 160 valence electrons. The van der Waals surface area contributed by atoms with Crippen molar-refractivity contribution in [3.8, 4) is 5.75 Å². The van der Waals surface area contributed by atoms with Crippen LogP contribution in [0, 0.1) is 5.92 Å². The number of nitrogens with zero attached hydrogens (tertiary/aromatic N) is 3. The summed E-state index contributed by atoms with van der Waals surface area (Å²) in [5, 5.41) is 6.35. The van der Waals surface area contributed by atoms with Crippen LogP contribution >= 0.6 is 0 Å². The largest absolute Gasteiger partial charge is 0.493 e. The average Bonchev–Trinajstić information content (AvgIpc) is 3.62. The number of hydrogen-bond donors (Lipinski definition) is 2. The van der Waals surface area contributed by atoms with Gasteiger partial charge in [0.2, 0.25) is 5.91 Å². The molecule has 1 aromatic carbocycles. The summed E-state index contributed by atoms with van der Waals surface area (Å²) in [6, 6.07) is 13.8. The van der Waals surface area contributed by atoms with Crippen LogP contribution in [-0.4, -0.2) is 55.5 Å². The van der Waals surface area contributed by atoms with E-state index in [-0.39, 0.29) is 12.5 Å². The second-order valence-electron chi connectivity index (χ2n) is 7.53. The van der Waals surface area contributed by atoms with Gasteiger partial charge >= 0.3 is 0 Å². The first-order chi connectivity index (χ1) is 14.7. The topological polar surface area (TPSA) is 78.9 Å². The van der Waals surface area contributed by atoms with E-state index in [9.17, 15) is 4.79 Å². The Morgan fingerprint density at radius 3 is 2.73 bits per heavy atom. The maximum atomic E-state index is 12.4. The fourth-order valence-corrected chi connectivity index (χ4v) is 2.93. The molecule has 3 rings (SSSR count). The molecule has 1 heterocycles. The smallest absolute Gasteiger partial charge is 0.241 e. The molecule has 2 aromatic rings. The highest BCUT2D eigenvalue weighted by Gasteiger charge is 2.22. The van der Waals surface area contributed by atoms with Crippen molar-refractivity contribution >= 4 is 11.9 Å². The van der Waals surface area contributed by atoms with Gasteiger partial charge in [-0.15, -0.1) is 0 Å². The number of ether oxygens (including phenoxy) is 1. The van der Waals surface area contributed by atoms with E-state index in [1.807, 2.05) is 42.5 Å². The lowest BCUT2D eigenvalue weighted by atomic mass is 10.2. The number of guanidine groups is 1. The van der Waals surface area contributed by atoms with Crippen LogP contribution in [0.5, 0.6) is 5.75 Å². The third-order valence-corrected chi connectivity index (χ3v) is 5.08. The summed E-state index contributed by atoms with van der Waals surface area (Å²) in [5.74, 6) is 2.19. The van der Waals surface area contributed by atoms with Gasteiger partial charge in [-0.25, -0.2) is 0 Å². The van der Waals surface area contributed by atoms with E-state index in [0.29, 0.717) is 25.0 Å². The molecule has 0 saturated heterocycles. The van der Waals surface area contributed by atoms with Crippen LogP contribution in [0.25, 0.3) is 0 Å². The lowest BCUT2D eigenvalue weighted by Gasteiger charge is -2.19. The Bertz CT molecular complexity index is 836. The maximum Gasteiger partial charge on any atom is 0.241 e. The van der Waals surface area contributed by atoms with Crippen molar-refractivity contribution in [2.24, 2.45) is 10.9 Å². The quantitative estimate of drug-likeness (QED) is 0.465. The van der Waals surface area contributed by atoms with Gasteiger partial charge in [-0.1, -0.05) is 24.3 Å². The van der Waals surface area contributed by atoms with Crippen molar-refractivity contribution in [2.45, 2.75) is 25.8 Å². The van der Waals surface area contributed by atoms with Gasteiger partial charge in [0, 0.05) is 51.1 Å². The van der Waals surface area contributed by atoms with Crippen molar-refractivity contribution in [1.29, 1.82) is 0 Å². The minimum absolute atomic E-state index is 0.00190. The first kappa shape index (κ1) is 21.6. The molecule has 0 unspecified atom stereocenters. The normalized spacial score (nSPS) is 13.6. The highest BCUT2D eigenvalue weighted by Crippen LogP contribution is 2.30. The third-order valence-electron chi connectivity index (χ3n) is 5.08. The van der Waals surface area contributed by atoms with Gasteiger partial charge in [-0.05, 0) is 37.0 Å². The van der Waals surface area contributed by atoms with Crippen LogP contribution in [0.4, 0.5) is 0 Å². The number of carbonyl (C=O) groups excluding carboxylic acids is 1. The third kappa shape index (κ3) is 7.06. The highest BCUT2D eigenvalue weighted by atomic mass is 16.5. The fourth-order valence-electron chi connectivity index (χ4n) is 2.93. The summed E-state index contributed by atoms with van der Waals surface area (Å²) < 4.78 is 5.95. The molecule has 1 saturated carbocycles. The van der Waals surface area contributed by atoms with Crippen molar-refractivity contribution in [2.75, 3.05) is 33.8 Å².